The minimum absolute atomic E-state index is 0. The number of imidazole rings is 1. The van der Waals surface area contributed by atoms with E-state index >= 15 is 0 Å². The van der Waals surface area contributed by atoms with Crippen molar-refractivity contribution in [2.45, 2.75) is 13.5 Å². The summed E-state index contributed by atoms with van der Waals surface area (Å²) in [5, 5.41) is 0. The summed E-state index contributed by atoms with van der Waals surface area (Å²) >= 11 is 0. The molecule has 0 saturated heterocycles. The van der Waals surface area contributed by atoms with Crippen LogP contribution in [-0.2, 0) is 6.54 Å². The first-order valence-corrected chi connectivity index (χ1v) is 2.39. The molecule has 1 aromatic rings. The van der Waals surface area contributed by atoms with Crippen molar-refractivity contribution in [1.29, 1.82) is 0 Å². The monoisotopic (exact) mass is 162 g/mol. The van der Waals surface area contributed by atoms with Crippen LogP contribution in [-0.4, -0.2) is 15.0 Å². The van der Waals surface area contributed by atoms with E-state index in [4.69, 9.17) is 0 Å². The van der Waals surface area contributed by atoms with Gasteiger partial charge in [0, 0.05) is 18.9 Å². The molecule has 0 aliphatic heterocycles. The van der Waals surface area contributed by atoms with Gasteiger partial charge < -0.3 is 12.9 Å². The fourth-order valence-corrected chi connectivity index (χ4v) is 0.474. The van der Waals surface area contributed by atoms with Gasteiger partial charge in [-0.05, 0) is 6.92 Å². The van der Waals surface area contributed by atoms with Gasteiger partial charge in [-0.1, -0.05) is 0 Å². The number of hydrogen-bond acceptors (Lipinski definition) is 1. The number of aromatic nitrogens is 2. The van der Waals surface area contributed by atoms with E-state index in [9.17, 15) is 0 Å². The molecule has 0 saturated carbocycles. The first-order chi connectivity index (χ1) is 3.43. The van der Waals surface area contributed by atoms with Crippen LogP contribution >= 0.6 is 0 Å². The van der Waals surface area contributed by atoms with Crippen LogP contribution in [0.4, 0.5) is 0 Å². The molecule has 0 fully saturated rings. The second-order valence-corrected chi connectivity index (χ2v) is 1.39. The number of nitrogens with zero attached hydrogens (tertiary/aromatic N) is 2. The minimum atomic E-state index is 0. The molecule has 2 N–H and O–H groups in total. The smallest absolute Gasteiger partial charge is 1.00 e. The van der Waals surface area contributed by atoms with Crippen molar-refractivity contribution in [3.8, 4) is 0 Å². The molecule has 1 aromatic heterocycles. The average molecular weight is 162 g/mol. The minimum Gasteiger partial charge on any atom is -1.00 e. The van der Waals surface area contributed by atoms with E-state index in [0.717, 1.165) is 6.54 Å². The normalized spacial score (nSPS) is 6.50. The van der Waals surface area contributed by atoms with Gasteiger partial charge in [-0.2, -0.15) is 0 Å². The van der Waals surface area contributed by atoms with Crippen LogP contribution in [0, 0.1) is 0 Å². The average Bonchev–Trinajstić information content (AvgIpc) is 2.14. The topological polar surface area (TPSA) is 49.3 Å². The largest absolute Gasteiger partial charge is 1.00 e. The third-order valence-electron chi connectivity index (χ3n) is 0.924. The van der Waals surface area contributed by atoms with Crippen molar-refractivity contribution in [3.63, 3.8) is 0 Å². The fraction of sp³-hybridized carbons (Fsp3) is 0.400. The van der Waals surface area contributed by atoms with Gasteiger partial charge in [0.25, 0.3) is 0 Å². The summed E-state index contributed by atoms with van der Waals surface area (Å²) in [5.41, 5.74) is 0. The van der Waals surface area contributed by atoms with Crippen molar-refractivity contribution >= 4 is 0 Å². The maximum absolute atomic E-state index is 3.86. The SMILES string of the molecule is CCn1ccnc1.O.[H-].[H-].[Na+].[Na+]. The first kappa shape index (κ1) is 17.3. The Morgan fingerprint density at radius 2 is 2.10 bits per heavy atom. The van der Waals surface area contributed by atoms with E-state index in [2.05, 4.69) is 11.9 Å². The first-order valence-electron chi connectivity index (χ1n) is 2.39. The molecule has 0 aliphatic carbocycles. The molecule has 0 atom stereocenters. The van der Waals surface area contributed by atoms with Crippen LogP contribution in [0.5, 0.6) is 0 Å². The van der Waals surface area contributed by atoms with Crippen LogP contribution in [0.3, 0.4) is 0 Å². The maximum Gasteiger partial charge on any atom is 1.00 e. The zero-order valence-corrected chi connectivity index (χ0v) is 10.8. The third kappa shape index (κ3) is 5.92. The summed E-state index contributed by atoms with van der Waals surface area (Å²) in [7, 11) is 0. The molecule has 0 aromatic carbocycles. The van der Waals surface area contributed by atoms with Gasteiger partial charge in [-0.15, -0.1) is 0 Å². The van der Waals surface area contributed by atoms with Crippen LogP contribution < -0.4 is 59.1 Å². The van der Waals surface area contributed by atoms with Crippen LogP contribution in [0.15, 0.2) is 18.7 Å². The molecular formula is C5H12N2Na2O. The molecule has 10 heavy (non-hydrogen) atoms. The third-order valence-corrected chi connectivity index (χ3v) is 0.924. The summed E-state index contributed by atoms with van der Waals surface area (Å²) in [6.45, 7) is 3.10. The second-order valence-electron chi connectivity index (χ2n) is 1.39. The zero-order chi connectivity index (χ0) is 5.11. The molecule has 0 spiro atoms. The predicted molar refractivity (Wildman–Crippen MR) is 33.7 cm³/mol. The van der Waals surface area contributed by atoms with Gasteiger partial charge >= 0.3 is 59.1 Å². The van der Waals surface area contributed by atoms with E-state index < -0.39 is 0 Å². The van der Waals surface area contributed by atoms with E-state index in [1.165, 1.54) is 0 Å². The van der Waals surface area contributed by atoms with Gasteiger partial charge in [0.05, 0.1) is 6.33 Å². The second kappa shape index (κ2) is 10.2. The van der Waals surface area contributed by atoms with Crippen molar-refractivity contribution in [2.75, 3.05) is 0 Å². The van der Waals surface area contributed by atoms with Gasteiger partial charge in [0.2, 0.25) is 0 Å². The predicted octanol–water partition coefficient (Wildman–Crippen LogP) is -5.69. The Hall–Kier alpha value is 1.17. The fourth-order valence-electron chi connectivity index (χ4n) is 0.474. The molecule has 5 heteroatoms. The Morgan fingerprint density at radius 3 is 2.30 bits per heavy atom. The van der Waals surface area contributed by atoms with Crippen LogP contribution in [0.25, 0.3) is 0 Å². The van der Waals surface area contributed by atoms with Gasteiger partial charge in [-0.3, -0.25) is 0 Å². The molecule has 1 heterocycles. The maximum atomic E-state index is 3.86. The van der Waals surface area contributed by atoms with Gasteiger partial charge in [0.15, 0.2) is 0 Å². The Balaban J connectivity index is -0.0000000327. The molecule has 0 unspecified atom stereocenters. The van der Waals surface area contributed by atoms with E-state index in [1.807, 2.05) is 10.8 Å². The Kier molecular flexibility index (Phi) is 17.6. The Labute approximate surface area is 108 Å². The van der Waals surface area contributed by atoms with Crippen molar-refractivity contribution in [1.82, 2.24) is 9.55 Å². The molecule has 3 nitrogen and oxygen atoms in total. The quantitative estimate of drug-likeness (QED) is 0.380. The Morgan fingerprint density at radius 1 is 1.50 bits per heavy atom. The van der Waals surface area contributed by atoms with Crippen molar-refractivity contribution in [2.24, 2.45) is 0 Å². The molecule has 0 amide bonds. The van der Waals surface area contributed by atoms with E-state index in [-0.39, 0.29) is 67.4 Å². The molecule has 1 rings (SSSR count). The van der Waals surface area contributed by atoms with Crippen molar-refractivity contribution < 1.29 is 67.4 Å². The van der Waals surface area contributed by atoms with Crippen LogP contribution in [0.1, 0.15) is 9.78 Å². The summed E-state index contributed by atoms with van der Waals surface area (Å²) < 4.78 is 2.01. The number of rotatable bonds is 1. The number of hydrogen-bond donors (Lipinski definition) is 0. The molecule has 0 radical (unpaired) electrons. The number of aryl methyl sites for hydroxylation is 1. The molecule has 0 aliphatic rings. The van der Waals surface area contributed by atoms with Crippen LogP contribution in [0.2, 0.25) is 0 Å². The van der Waals surface area contributed by atoms with Crippen molar-refractivity contribution in [3.05, 3.63) is 18.7 Å². The summed E-state index contributed by atoms with van der Waals surface area (Å²) in [5.74, 6) is 0. The van der Waals surface area contributed by atoms with Gasteiger partial charge in [-0.25, -0.2) is 4.98 Å². The molecule has 50 valence electrons. The van der Waals surface area contributed by atoms with E-state index in [0.29, 0.717) is 0 Å². The molecular weight excluding hydrogens is 150 g/mol. The zero-order valence-electron chi connectivity index (χ0n) is 8.83. The molecule has 0 bridgehead atoms. The van der Waals surface area contributed by atoms with E-state index in [1.54, 1.807) is 12.5 Å². The summed E-state index contributed by atoms with van der Waals surface area (Å²) in [6, 6.07) is 0. The summed E-state index contributed by atoms with van der Waals surface area (Å²) in [4.78, 5) is 3.86. The Bertz CT molecular complexity index is 140. The van der Waals surface area contributed by atoms with Gasteiger partial charge in [0.1, 0.15) is 0 Å². The standard InChI is InChI=1S/C5H8N2.2Na.H2O.2H/c1-2-7-4-3-6-5-7;;;;;/h3-5H,2H2,1H3;;;1H2;;/q;2*+1;;2*-1. The summed E-state index contributed by atoms with van der Waals surface area (Å²) in [6.07, 6.45) is 5.53.